The van der Waals surface area contributed by atoms with Crippen LogP contribution in [0.2, 0.25) is 0 Å². The minimum Gasteiger partial charge on any atom is -0.352 e. The highest BCUT2D eigenvalue weighted by Crippen LogP contribution is 2.26. The summed E-state index contributed by atoms with van der Waals surface area (Å²) in [5, 5.41) is 4.82. The Kier molecular flexibility index (Phi) is 4.94. The maximum atomic E-state index is 13.0. The number of rotatable bonds is 4. The van der Waals surface area contributed by atoms with E-state index < -0.39 is 10.0 Å². The number of aryl methyl sites for hydroxylation is 2. The van der Waals surface area contributed by atoms with E-state index in [2.05, 4.69) is 9.71 Å². The summed E-state index contributed by atoms with van der Waals surface area (Å²) in [4.78, 5) is 13.0. The minimum atomic E-state index is -3.86. The SMILES string of the molecule is Cc1ccc(NC2=C/C(=N\S(=O)(=O)c3cccs3)c3ccccc3C2=O)cc1C. The number of nitrogens with one attached hydrogen (secondary N) is 1. The van der Waals surface area contributed by atoms with E-state index in [0.717, 1.165) is 28.2 Å². The fraction of sp³-hybridized carbons (Fsp3) is 0.0909. The molecule has 4 rings (SSSR count). The van der Waals surface area contributed by atoms with Crippen LogP contribution in [0.15, 0.2) is 80.4 Å². The van der Waals surface area contributed by atoms with Gasteiger partial charge in [0, 0.05) is 16.8 Å². The number of Topliss-reactive ketones (excluding diaryl/α,β-unsaturated/α-hetero) is 1. The van der Waals surface area contributed by atoms with Crippen molar-refractivity contribution in [2.24, 2.45) is 4.40 Å². The number of hydrogen-bond donors (Lipinski definition) is 1. The molecule has 29 heavy (non-hydrogen) atoms. The Morgan fingerprint density at radius 3 is 2.38 bits per heavy atom. The van der Waals surface area contributed by atoms with E-state index in [0.29, 0.717) is 11.1 Å². The second-order valence-electron chi connectivity index (χ2n) is 6.74. The van der Waals surface area contributed by atoms with Gasteiger partial charge in [-0.25, -0.2) is 0 Å². The zero-order chi connectivity index (χ0) is 20.6. The van der Waals surface area contributed by atoms with Gasteiger partial charge in [0.2, 0.25) is 5.78 Å². The van der Waals surface area contributed by atoms with Crippen molar-refractivity contribution in [2.45, 2.75) is 18.1 Å². The van der Waals surface area contributed by atoms with Crippen molar-refractivity contribution in [3.63, 3.8) is 0 Å². The lowest BCUT2D eigenvalue weighted by atomic mass is 9.92. The maximum absolute atomic E-state index is 13.0. The van der Waals surface area contributed by atoms with Gasteiger partial charge in [0.1, 0.15) is 4.21 Å². The van der Waals surface area contributed by atoms with Crippen LogP contribution in [-0.2, 0) is 10.0 Å². The number of sulfonamides is 1. The number of benzene rings is 2. The minimum absolute atomic E-state index is 0.163. The van der Waals surface area contributed by atoms with Crippen molar-refractivity contribution in [1.29, 1.82) is 0 Å². The highest BCUT2D eigenvalue weighted by Gasteiger charge is 2.26. The molecule has 0 atom stereocenters. The molecular formula is C22H18N2O3S2. The fourth-order valence-electron chi connectivity index (χ4n) is 3.06. The summed E-state index contributed by atoms with van der Waals surface area (Å²) < 4.78 is 29.6. The Morgan fingerprint density at radius 1 is 0.931 bits per heavy atom. The number of thiophene rings is 1. The molecule has 5 nitrogen and oxygen atoms in total. The topological polar surface area (TPSA) is 75.6 Å². The van der Waals surface area contributed by atoms with Crippen LogP contribution >= 0.6 is 11.3 Å². The third-order valence-electron chi connectivity index (χ3n) is 4.73. The van der Waals surface area contributed by atoms with Crippen LogP contribution < -0.4 is 5.32 Å². The first-order valence-corrected chi connectivity index (χ1v) is 11.3. The number of nitrogens with zero attached hydrogens (tertiary/aromatic N) is 1. The standard InChI is InChI=1S/C22H18N2O3S2/c1-14-9-10-16(12-15(14)2)23-20-13-19(17-6-3-4-7-18(17)22(20)25)24-29(26,27)21-8-5-11-28-21/h3-13,23H,1-2H3/b24-19+. The van der Waals surface area contributed by atoms with Crippen molar-refractivity contribution in [3.05, 3.63) is 94.0 Å². The van der Waals surface area contributed by atoms with Gasteiger partial charge in [0.15, 0.2) is 0 Å². The van der Waals surface area contributed by atoms with E-state index in [4.69, 9.17) is 0 Å². The molecule has 0 unspecified atom stereocenters. The first-order chi connectivity index (χ1) is 13.8. The summed E-state index contributed by atoms with van der Waals surface area (Å²) in [6, 6.07) is 15.9. The van der Waals surface area contributed by atoms with E-state index in [1.807, 2.05) is 32.0 Å². The van der Waals surface area contributed by atoms with Crippen molar-refractivity contribution >= 4 is 38.5 Å². The van der Waals surface area contributed by atoms with E-state index in [9.17, 15) is 13.2 Å². The first-order valence-electron chi connectivity index (χ1n) is 8.94. The molecule has 3 aromatic rings. The molecule has 1 heterocycles. The number of ketones is 1. The molecule has 0 bridgehead atoms. The third kappa shape index (κ3) is 3.79. The number of fused-ring (bicyclic) bond motifs is 1. The number of anilines is 1. The second-order valence-corrected chi connectivity index (χ2v) is 9.52. The number of hydrogen-bond acceptors (Lipinski definition) is 5. The first kappa shape index (κ1) is 19.3. The van der Waals surface area contributed by atoms with Gasteiger partial charge in [-0.15, -0.1) is 11.3 Å². The molecule has 0 aliphatic heterocycles. The molecule has 0 spiro atoms. The van der Waals surface area contributed by atoms with Gasteiger partial charge >= 0.3 is 0 Å². The smallest absolute Gasteiger partial charge is 0.292 e. The van der Waals surface area contributed by atoms with Crippen molar-refractivity contribution in [2.75, 3.05) is 5.32 Å². The summed E-state index contributed by atoms with van der Waals surface area (Å²) in [7, 11) is -3.86. The van der Waals surface area contributed by atoms with Crippen molar-refractivity contribution < 1.29 is 13.2 Å². The monoisotopic (exact) mass is 422 g/mol. The Balaban J connectivity index is 1.81. The summed E-state index contributed by atoms with van der Waals surface area (Å²) in [5.74, 6) is -0.203. The molecular weight excluding hydrogens is 404 g/mol. The normalized spacial score (nSPS) is 15.2. The summed E-state index contributed by atoms with van der Waals surface area (Å²) in [6.07, 6.45) is 1.50. The van der Waals surface area contributed by atoms with Crippen molar-refractivity contribution in [1.82, 2.24) is 0 Å². The van der Waals surface area contributed by atoms with Crippen LogP contribution in [-0.4, -0.2) is 19.9 Å². The van der Waals surface area contributed by atoms with E-state index in [-0.39, 0.29) is 21.4 Å². The molecule has 146 valence electrons. The molecule has 1 N–H and O–H groups in total. The Morgan fingerprint density at radius 2 is 1.69 bits per heavy atom. The molecule has 0 saturated carbocycles. The number of carbonyl (C=O) groups excluding carboxylic acids is 1. The van der Waals surface area contributed by atoms with Crippen LogP contribution in [0.4, 0.5) is 5.69 Å². The lowest BCUT2D eigenvalue weighted by Gasteiger charge is -2.19. The highest BCUT2D eigenvalue weighted by molar-refractivity contribution is 7.92. The molecule has 7 heteroatoms. The van der Waals surface area contributed by atoms with Crippen LogP contribution in [0.5, 0.6) is 0 Å². The average Bonchev–Trinajstić information content (AvgIpc) is 3.24. The lowest BCUT2D eigenvalue weighted by molar-refractivity contribution is 0.103. The van der Waals surface area contributed by atoms with E-state index >= 15 is 0 Å². The molecule has 0 saturated heterocycles. The lowest BCUT2D eigenvalue weighted by Crippen LogP contribution is -2.22. The molecule has 0 amide bonds. The van der Waals surface area contributed by atoms with Gasteiger partial charge < -0.3 is 5.32 Å². The Bertz CT molecular complexity index is 1270. The van der Waals surface area contributed by atoms with Gasteiger partial charge in [-0.05, 0) is 54.6 Å². The van der Waals surface area contributed by atoms with Crippen LogP contribution in [0.3, 0.4) is 0 Å². The third-order valence-corrected chi connectivity index (χ3v) is 7.39. The van der Waals surface area contributed by atoms with Crippen LogP contribution in [0, 0.1) is 13.8 Å². The van der Waals surface area contributed by atoms with Crippen LogP contribution in [0.25, 0.3) is 0 Å². The van der Waals surface area contributed by atoms with Gasteiger partial charge in [-0.3, -0.25) is 4.79 Å². The predicted octanol–water partition coefficient (Wildman–Crippen LogP) is 4.74. The Hall–Kier alpha value is -3.03. The van der Waals surface area contributed by atoms with Gasteiger partial charge in [0.25, 0.3) is 10.0 Å². The molecule has 1 aliphatic rings. The fourth-order valence-corrected chi connectivity index (χ4v) is 5.02. The van der Waals surface area contributed by atoms with Gasteiger partial charge in [-0.2, -0.15) is 12.8 Å². The zero-order valence-corrected chi connectivity index (χ0v) is 17.5. The van der Waals surface area contributed by atoms with E-state index in [1.54, 1.807) is 35.7 Å². The number of carbonyl (C=O) groups is 1. The predicted molar refractivity (Wildman–Crippen MR) is 116 cm³/mol. The quantitative estimate of drug-likeness (QED) is 0.659. The maximum Gasteiger partial charge on any atom is 0.292 e. The summed E-state index contributed by atoms with van der Waals surface area (Å²) in [5.41, 5.74) is 4.44. The Labute approximate surface area is 173 Å². The average molecular weight is 423 g/mol. The van der Waals surface area contributed by atoms with E-state index in [1.165, 1.54) is 12.1 Å². The largest absolute Gasteiger partial charge is 0.352 e. The van der Waals surface area contributed by atoms with Gasteiger partial charge in [-0.1, -0.05) is 36.4 Å². The molecule has 2 aromatic carbocycles. The van der Waals surface area contributed by atoms with Crippen LogP contribution in [0.1, 0.15) is 27.0 Å². The molecule has 1 aromatic heterocycles. The summed E-state index contributed by atoms with van der Waals surface area (Å²) in [6.45, 7) is 4.01. The molecule has 1 aliphatic carbocycles. The second kappa shape index (κ2) is 7.42. The molecule has 0 radical (unpaired) electrons. The van der Waals surface area contributed by atoms with Gasteiger partial charge in [0.05, 0.1) is 11.4 Å². The zero-order valence-electron chi connectivity index (χ0n) is 15.8. The van der Waals surface area contributed by atoms with Crippen molar-refractivity contribution in [3.8, 4) is 0 Å². The summed E-state index contributed by atoms with van der Waals surface area (Å²) >= 11 is 1.11. The molecule has 0 fully saturated rings. The highest BCUT2D eigenvalue weighted by atomic mass is 32.2. The number of allylic oxidation sites excluding steroid dienone is 2.